The Kier molecular flexibility index (Phi) is 4.94. The van der Waals surface area contributed by atoms with Crippen molar-refractivity contribution < 1.29 is 9.18 Å². The van der Waals surface area contributed by atoms with Gasteiger partial charge in [0.25, 0.3) is 5.91 Å². The molecule has 1 saturated carbocycles. The first-order valence-electron chi connectivity index (χ1n) is 7.24. The molecule has 19 heavy (non-hydrogen) atoms. The second-order valence-corrected chi connectivity index (χ2v) is 5.48. The molecule has 0 saturated heterocycles. The van der Waals surface area contributed by atoms with Crippen LogP contribution in [0.4, 0.5) is 4.39 Å². The van der Waals surface area contributed by atoms with Crippen LogP contribution >= 0.6 is 0 Å². The first kappa shape index (κ1) is 14.0. The minimum atomic E-state index is -0.262. The van der Waals surface area contributed by atoms with Crippen molar-refractivity contribution in [3.05, 3.63) is 35.1 Å². The molecule has 1 aromatic carbocycles. The van der Waals surface area contributed by atoms with Gasteiger partial charge < -0.3 is 5.32 Å². The monoisotopic (exact) mass is 263 g/mol. The number of carbonyl (C=O) groups excluding carboxylic acids is 1. The van der Waals surface area contributed by atoms with Gasteiger partial charge in [-0.2, -0.15) is 0 Å². The fourth-order valence-corrected chi connectivity index (χ4v) is 2.66. The standard InChI is InChI=1S/C16H22FNO/c1-12-11-13(9-10-15(12)17)16(19)18-14-7-5-3-2-4-6-8-14/h9-11,14H,2-8H2,1H3,(H,18,19). The second-order valence-electron chi connectivity index (χ2n) is 5.48. The average Bonchev–Trinajstić information content (AvgIpc) is 2.35. The molecule has 0 unspecified atom stereocenters. The van der Waals surface area contributed by atoms with Gasteiger partial charge in [0.05, 0.1) is 0 Å². The highest BCUT2D eigenvalue weighted by Crippen LogP contribution is 2.18. The van der Waals surface area contributed by atoms with E-state index in [0.29, 0.717) is 11.1 Å². The number of hydrogen-bond acceptors (Lipinski definition) is 1. The van der Waals surface area contributed by atoms with Crippen LogP contribution in [0.2, 0.25) is 0 Å². The van der Waals surface area contributed by atoms with Gasteiger partial charge in [0.2, 0.25) is 0 Å². The third-order valence-corrected chi connectivity index (χ3v) is 3.86. The molecule has 1 aliphatic carbocycles. The molecule has 0 aromatic heterocycles. The summed E-state index contributed by atoms with van der Waals surface area (Å²) >= 11 is 0. The highest BCUT2D eigenvalue weighted by Gasteiger charge is 2.15. The third-order valence-electron chi connectivity index (χ3n) is 3.86. The number of carbonyl (C=O) groups is 1. The van der Waals surface area contributed by atoms with Crippen molar-refractivity contribution in [3.8, 4) is 0 Å². The van der Waals surface area contributed by atoms with Gasteiger partial charge in [0.1, 0.15) is 5.82 Å². The molecule has 0 heterocycles. The van der Waals surface area contributed by atoms with E-state index in [9.17, 15) is 9.18 Å². The Hall–Kier alpha value is -1.38. The molecule has 0 bridgehead atoms. The zero-order valence-electron chi connectivity index (χ0n) is 11.5. The predicted molar refractivity (Wildman–Crippen MR) is 74.7 cm³/mol. The maximum absolute atomic E-state index is 13.2. The van der Waals surface area contributed by atoms with E-state index < -0.39 is 0 Å². The van der Waals surface area contributed by atoms with E-state index in [1.54, 1.807) is 19.1 Å². The molecule has 0 spiro atoms. The zero-order valence-corrected chi connectivity index (χ0v) is 11.5. The van der Waals surface area contributed by atoms with Crippen molar-refractivity contribution in [2.24, 2.45) is 0 Å². The van der Waals surface area contributed by atoms with E-state index in [2.05, 4.69) is 5.32 Å². The molecular formula is C16H22FNO. The molecule has 0 atom stereocenters. The SMILES string of the molecule is Cc1cc(C(=O)NC2CCCCCCC2)ccc1F. The molecule has 1 aliphatic rings. The van der Waals surface area contributed by atoms with Crippen LogP contribution in [0.3, 0.4) is 0 Å². The number of aryl methyl sites for hydroxylation is 1. The van der Waals surface area contributed by atoms with Crippen LogP contribution < -0.4 is 5.32 Å². The van der Waals surface area contributed by atoms with E-state index in [0.717, 1.165) is 12.8 Å². The van der Waals surface area contributed by atoms with Crippen molar-refractivity contribution in [1.29, 1.82) is 0 Å². The Labute approximate surface area is 114 Å². The summed E-state index contributed by atoms with van der Waals surface area (Å²) in [4.78, 5) is 12.1. The van der Waals surface area contributed by atoms with Gasteiger partial charge in [-0.3, -0.25) is 4.79 Å². The topological polar surface area (TPSA) is 29.1 Å². The molecule has 0 aliphatic heterocycles. The number of nitrogens with one attached hydrogen (secondary N) is 1. The fraction of sp³-hybridized carbons (Fsp3) is 0.562. The summed E-state index contributed by atoms with van der Waals surface area (Å²) in [6.07, 6.45) is 8.35. The molecule has 1 N–H and O–H groups in total. The molecule has 2 nitrogen and oxygen atoms in total. The maximum atomic E-state index is 13.2. The van der Waals surface area contributed by atoms with Gasteiger partial charge in [0.15, 0.2) is 0 Å². The summed E-state index contributed by atoms with van der Waals surface area (Å²) in [5.41, 5.74) is 1.08. The highest BCUT2D eigenvalue weighted by molar-refractivity contribution is 5.94. The summed E-state index contributed by atoms with van der Waals surface area (Å²) < 4.78 is 13.2. The summed E-state index contributed by atoms with van der Waals surface area (Å²) in [5, 5.41) is 3.09. The molecule has 104 valence electrons. The Morgan fingerprint density at radius 1 is 1.16 bits per heavy atom. The van der Waals surface area contributed by atoms with Crippen LogP contribution in [0, 0.1) is 12.7 Å². The van der Waals surface area contributed by atoms with Gasteiger partial charge >= 0.3 is 0 Å². The summed E-state index contributed by atoms with van der Waals surface area (Å²) in [5.74, 6) is -0.337. The Balaban J connectivity index is 1.96. The summed E-state index contributed by atoms with van der Waals surface area (Å²) in [6.45, 7) is 1.68. The number of hydrogen-bond donors (Lipinski definition) is 1. The molecule has 3 heteroatoms. The zero-order chi connectivity index (χ0) is 13.7. The lowest BCUT2D eigenvalue weighted by atomic mass is 9.96. The lowest BCUT2D eigenvalue weighted by molar-refractivity contribution is 0.0930. The number of benzene rings is 1. The summed E-state index contributed by atoms with van der Waals surface area (Å²) in [6, 6.07) is 4.81. The van der Waals surface area contributed by atoms with Crippen molar-refractivity contribution in [2.45, 2.75) is 57.9 Å². The molecular weight excluding hydrogens is 241 g/mol. The molecule has 1 aromatic rings. The van der Waals surface area contributed by atoms with Gasteiger partial charge in [-0.1, -0.05) is 32.1 Å². The normalized spacial score (nSPS) is 17.6. The lowest BCUT2D eigenvalue weighted by Gasteiger charge is -2.21. The molecule has 0 radical (unpaired) electrons. The van der Waals surface area contributed by atoms with Gasteiger partial charge in [0, 0.05) is 11.6 Å². The van der Waals surface area contributed by atoms with E-state index in [-0.39, 0.29) is 17.8 Å². The van der Waals surface area contributed by atoms with Crippen molar-refractivity contribution in [1.82, 2.24) is 5.32 Å². The minimum Gasteiger partial charge on any atom is -0.349 e. The van der Waals surface area contributed by atoms with E-state index in [1.807, 2.05) is 0 Å². The van der Waals surface area contributed by atoms with Crippen molar-refractivity contribution >= 4 is 5.91 Å². The maximum Gasteiger partial charge on any atom is 0.251 e. The Bertz CT molecular complexity index is 436. The number of amides is 1. The lowest BCUT2D eigenvalue weighted by Crippen LogP contribution is -2.35. The second kappa shape index (κ2) is 6.69. The van der Waals surface area contributed by atoms with Crippen molar-refractivity contribution in [3.63, 3.8) is 0 Å². The number of halogens is 1. The van der Waals surface area contributed by atoms with Crippen LogP contribution in [-0.2, 0) is 0 Å². The van der Waals surface area contributed by atoms with E-state index in [4.69, 9.17) is 0 Å². The molecule has 2 rings (SSSR count). The van der Waals surface area contributed by atoms with Gasteiger partial charge in [-0.25, -0.2) is 4.39 Å². The Morgan fingerprint density at radius 2 is 1.79 bits per heavy atom. The van der Waals surface area contributed by atoms with Crippen LogP contribution in [0.5, 0.6) is 0 Å². The van der Waals surface area contributed by atoms with E-state index in [1.165, 1.54) is 38.2 Å². The molecule has 1 fully saturated rings. The first-order chi connectivity index (χ1) is 9.16. The van der Waals surface area contributed by atoms with Gasteiger partial charge in [-0.05, 0) is 43.5 Å². The highest BCUT2D eigenvalue weighted by atomic mass is 19.1. The number of rotatable bonds is 2. The van der Waals surface area contributed by atoms with Crippen LogP contribution in [0.1, 0.15) is 60.9 Å². The summed E-state index contributed by atoms with van der Waals surface area (Å²) in [7, 11) is 0. The fourth-order valence-electron chi connectivity index (χ4n) is 2.66. The predicted octanol–water partition coefficient (Wildman–Crippen LogP) is 3.98. The van der Waals surface area contributed by atoms with Gasteiger partial charge in [-0.15, -0.1) is 0 Å². The van der Waals surface area contributed by atoms with Crippen LogP contribution in [0.15, 0.2) is 18.2 Å². The van der Waals surface area contributed by atoms with Crippen molar-refractivity contribution in [2.75, 3.05) is 0 Å². The van der Waals surface area contributed by atoms with Crippen LogP contribution in [-0.4, -0.2) is 11.9 Å². The molecule has 1 amide bonds. The minimum absolute atomic E-state index is 0.0753. The Morgan fingerprint density at radius 3 is 2.42 bits per heavy atom. The van der Waals surface area contributed by atoms with Crippen LogP contribution in [0.25, 0.3) is 0 Å². The largest absolute Gasteiger partial charge is 0.349 e. The van der Waals surface area contributed by atoms with E-state index >= 15 is 0 Å². The quantitative estimate of drug-likeness (QED) is 0.859. The average molecular weight is 263 g/mol. The third kappa shape index (κ3) is 4.05. The first-order valence-corrected chi connectivity index (χ1v) is 7.24. The smallest absolute Gasteiger partial charge is 0.251 e.